The molecule has 1 aromatic heterocycles. The number of rotatable bonds is 6. The van der Waals surface area contributed by atoms with E-state index in [-0.39, 0.29) is 17.7 Å². The highest BCUT2D eigenvalue weighted by Crippen LogP contribution is 2.29. The van der Waals surface area contributed by atoms with Crippen LogP contribution in [-0.2, 0) is 12.7 Å². The van der Waals surface area contributed by atoms with Crippen LogP contribution in [0.5, 0.6) is 0 Å². The Bertz CT molecular complexity index is 498. The normalized spacial score (nSPS) is 13.8. The Morgan fingerprint density at radius 1 is 1.41 bits per heavy atom. The third kappa shape index (κ3) is 6.33. The van der Waals surface area contributed by atoms with E-state index in [9.17, 15) is 23.1 Å². The Labute approximate surface area is 126 Å². The van der Waals surface area contributed by atoms with Gasteiger partial charge in [0.05, 0.1) is 12.6 Å². The van der Waals surface area contributed by atoms with Crippen LogP contribution < -0.4 is 10.6 Å². The smallest absolute Gasteiger partial charge is 0.393 e. The summed E-state index contributed by atoms with van der Waals surface area (Å²) in [6.45, 7) is 5.56. The molecule has 1 heterocycles. The van der Waals surface area contributed by atoms with Crippen molar-refractivity contribution in [3.05, 3.63) is 17.5 Å². The van der Waals surface area contributed by atoms with Crippen molar-refractivity contribution < 1.29 is 27.6 Å². The molecule has 9 heteroatoms. The van der Waals surface area contributed by atoms with E-state index in [0.29, 0.717) is 13.0 Å². The summed E-state index contributed by atoms with van der Waals surface area (Å²) in [5.41, 5.74) is -0.325. The molecule has 1 rings (SSSR count). The number of aliphatic hydroxyl groups excluding tert-OH is 1. The van der Waals surface area contributed by atoms with Crippen LogP contribution in [0.15, 0.2) is 10.6 Å². The van der Waals surface area contributed by atoms with Gasteiger partial charge in [-0.05, 0) is 18.8 Å². The number of urea groups is 1. The highest BCUT2D eigenvalue weighted by Gasteiger charge is 2.36. The van der Waals surface area contributed by atoms with Gasteiger partial charge in [0.1, 0.15) is 5.69 Å². The second-order valence-electron chi connectivity index (χ2n) is 5.93. The topological polar surface area (TPSA) is 87.4 Å². The van der Waals surface area contributed by atoms with E-state index in [1.54, 1.807) is 6.92 Å². The third-order valence-corrected chi connectivity index (χ3v) is 2.84. The minimum absolute atomic E-state index is 0.0225. The van der Waals surface area contributed by atoms with Gasteiger partial charge in [-0.1, -0.05) is 19.0 Å². The molecule has 0 aliphatic rings. The molecule has 0 radical (unpaired) electrons. The van der Waals surface area contributed by atoms with Gasteiger partial charge >= 0.3 is 12.2 Å². The lowest BCUT2D eigenvalue weighted by Gasteiger charge is -2.26. The number of nitrogens with one attached hydrogen (secondary N) is 2. The second-order valence-corrected chi connectivity index (χ2v) is 5.93. The number of amides is 2. The minimum Gasteiger partial charge on any atom is -0.393 e. The van der Waals surface area contributed by atoms with Gasteiger partial charge in [0, 0.05) is 12.6 Å². The molecule has 3 N–H and O–H groups in total. The van der Waals surface area contributed by atoms with Gasteiger partial charge in [-0.2, -0.15) is 13.2 Å². The zero-order valence-electron chi connectivity index (χ0n) is 12.6. The maximum absolute atomic E-state index is 12.3. The minimum atomic E-state index is -4.60. The highest BCUT2D eigenvalue weighted by atomic mass is 19.4. The summed E-state index contributed by atoms with van der Waals surface area (Å²) in [6, 6.07) is 0.202. The fraction of sp³-hybridized carbons (Fsp3) is 0.692. The van der Waals surface area contributed by atoms with Crippen molar-refractivity contribution >= 4 is 6.03 Å². The van der Waals surface area contributed by atoms with E-state index < -0.39 is 24.1 Å². The maximum Gasteiger partial charge on any atom is 0.452 e. The van der Waals surface area contributed by atoms with E-state index >= 15 is 0 Å². The molecule has 126 valence electrons. The lowest BCUT2D eigenvalue weighted by molar-refractivity contribution is -0.155. The van der Waals surface area contributed by atoms with E-state index in [1.807, 2.05) is 13.8 Å². The number of carbonyl (C=O) groups excluding carboxylic acids is 1. The van der Waals surface area contributed by atoms with Gasteiger partial charge in [-0.15, -0.1) is 0 Å². The van der Waals surface area contributed by atoms with E-state index in [0.717, 1.165) is 6.07 Å². The molecule has 1 atom stereocenters. The molecular formula is C13H20F3N3O3. The first-order valence-corrected chi connectivity index (χ1v) is 6.72. The monoisotopic (exact) mass is 323 g/mol. The average molecular weight is 323 g/mol. The van der Waals surface area contributed by atoms with Crippen molar-refractivity contribution in [1.82, 2.24) is 15.8 Å². The number of carbonyl (C=O) groups is 1. The number of hydrogen-bond acceptors (Lipinski definition) is 4. The van der Waals surface area contributed by atoms with Crippen LogP contribution in [0, 0.1) is 5.41 Å². The van der Waals surface area contributed by atoms with Crippen LogP contribution in [0.3, 0.4) is 0 Å². The molecule has 0 fully saturated rings. The van der Waals surface area contributed by atoms with Crippen LogP contribution in [0.25, 0.3) is 0 Å². The van der Waals surface area contributed by atoms with Crippen LogP contribution in [0.1, 0.15) is 38.6 Å². The van der Waals surface area contributed by atoms with Crippen LogP contribution >= 0.6 is 0 Å². The number of alkyl halides is 3. The Kier molecular flexibility index (Phi) is 5.81. The molecule has 6 nitrogen and oxygen atoms in total. The predicted octanol–water partition coefficient (Wildman–Crippen LogP) is 2.29. The van der Waals surface area contributed by atoms with E-state index in [2.05, 4.69) is 20.3 Å². The zero-order valence-corrected chi connectivity index (χ0v) is 12.6. The van der Waals surface area contributed by atoms with Crippen molar-refractivity contribution in [2.24, 2.45) is 5.41 Å². The first kappa shape index (κ1) is 18.3. The first-order valence-electron chi connectivity index (χ1n) is 6.72. The Morgan fingerprint density at radius 2 is 2.05 bits per heavy atom. The summed E-state index contributed by atoms with van der Waals surface area (Å²) < 4.78 is 41.1. The fourth-order valence-corrected chi connectivity index (χ4v) is 1.95. The molecule has 0 spiro atoms. The third-order valence-electron chi connectivity index (χ3n) is 2.84. The largest absolute Gasteiger partial charge is 0.452 e. The van der Waals surface area contributed by atoms with Crippen LogP contribution in [-0.4, -0.2) is 28.9 Å². The van der Waals surface area contributed by atoms with Crippen molar-refractivity contribution in [2.75, 3.05) is 6.54 Å². The summed E-state index contributed by atoms with van der Waals surface area (Å²) in [5, 5.41) is 17.5. The lowest BCUT2D eigenvalue weighted by atomic mass is 9.87. The van der Waals surface area contributed by atoms with Gasteiger partial charge in [-0.3, -0.25) is 0 Å². The summed E-state index contributed by atoms with van der Waals surface area (Å²) in [4.78, 5) is 11.6. The Hall–Kier alpha value is -1.77. The van der Waals surface area contributed by atoms with E-state index in [1.165, 1.54) is 0 Å². The van der Waals surface area contributed by atoms with Gasteiger partial charge in [0.25, 0.3) is 0 Å². The van der Waals surface area contributed by atoms with Gasteiger partial charge in [0.2, 0.25) is 5.76 Å². The molecule has 0 aliphatic carbocycles. The zero-order chi connectivity index (χ0) is 17.0. The number of aromatic nitrogens is 1. The molecule has 22 heavy (non-hydrogen) atoms. The quantitative estimate of drug-likeness (QED) is 0.749. The second kappa shape index (κ2) is 6.99. The number of nitrogens with zero attached hydrogens (tertiary/aromatic N) is 1. The van der Waals surface area contributed by atoms with Gasteiger partial charge < -0.3 is 20.3 Å². The number of hydrogen-bond donors (Lipinski definition) is 3. The molecule has 0 aliphatic heterocycles. The molecule has 0 saturated heterocycles. The fourth-order valence-electron chi connectivity index (χ4n) is 1.95. The lowest BCUT2D eigenvalue weighted by Crippen LogP contribution is -2.41. The molecule has 2 amide bonds. The SMILES string of the molecule is CC(O)CC(C)(C)CNC(=O)NCc1cc(C(F)(F)F)on1. The van der Waals surface area contributed by atoms with Gasteiger partial charge in [-0.25, -0.2) is 4.79 Å². The highest BCUT2D eigenvalue weighted by molar-refractivity contribution is 5.73. The standard InChI is InChI=1S/C13H20F3N3O3/c1-8(20)5-12(2,3)7-18-11(21)17-6-9-4-10(22-19-9)13(14,15)16/h4,8,20H,5-7H2,1-3H3,(H2,17,18,21). The molecule has 1 aromatic rings. The van der Waals surface area contributed by atoms with Crippen molar-refractivity contribution in [1.29, 1.82) is 0 Å². The van der Waals surface area contributed by atoms with Crippen molar-refractivity contribution in [2.45, 2.75) is 46.0 Å². The number of halogens is 3. The molecule has 0 bridgehead atoms. The Balaban J connectivity index is 2.39. The number of aliphatic hydroxyl groups is 1. The summed E-state index contributed by atoms with van der Waals surface area (Å²) in [6.07, 6.45) is -4.58. The van der Waals surface area contributed by atoms with Crippen molar-refractivity contribution in [3.63, 3.8) is 0 Å². The Morgan fingerprint density at radius 3 is 2.55 bits per heavy atom. The summed E-state index contributed by atoms with van der Waals surface area (Å²) in [5.74, 6) is -1.21. The predicted molar refractivity (Wildman–Crippen MR) is 71.8 cm³/mol. The molecule has 1 unspecified atom stereocenters. The summed E-state index contributed by atoms with van der Waals surface area (Å²) >= 11 is 0. The maximum atomic E-state index is 12.3. The van der Waals surface area contributed by atoms with Gasteiger partial charge in [0.15, 0.2) is 0 Å². The van der Waals surface area contributed by atoms with E-state index in [4.69, 9.17) is 0 Å². The first-order chi connectivity index (χ1) is 9.99. The van der Waals surface area contributed by atoms with Crippen molar-refractivity contribution in [3.8, 4) is 0 Å². The van der Waals surface area contributed by atoms with Crippen LogP contribution in [0.2, 0.25) is 0 Å². The molecule has 0 aromatic carbocycles. The van der Waals surface area contributed by atoms with Crippen LogP contribution in [0.4, 0.5) is 18.0 Å². The molecular weight excluding hydrogens is 303 g/mol. The molecule has 0 saturated carbocycles. The summed E-state index contributed by atoms with van der Waals surface area (Å²) in [7, 11) is 0. The average Bonchev–Trinajstić information content (AvgIpc) is 2.81.